The number of nitrogens with zero attached hydrogens (tertiary/aromatic N) is 5. The Labute approximate surface area is 723 Å². The van der Waals surface area contributed by atoms with Crippen molar-refractivity contribution in [2.45, 2.75) is 209 Å². The number of hydrogen-bond donors (Lipinski definition) is 0. The summed E-state index contributed by atoms with van der Waals surface area (Å²) in [5, 5.41) is 4.18. The van der Waals surface area contributed by atoms with Crippen molar-refractivity contribution < 1.29 is 52.7 Å². The maximum absolute atomic E-state index is 12.6. The molecule has 0 fully saturated rings. The first-order chi connectivity index (χ1) is 56.0. The van der Waals surface area contributed by atoms with Crippen LogP contribution in [0.1, 0.15) is 225 Å². The molecule has 4 unspecified atom stereocenters. The number of ketones is 7. The number of para-hydroxylation sites is 4. The van der Waals surface area contributed by atoms with Crippen molar-refractivity contribution in [1.29, 1.82) is 0 Å². The van der Waals surface area contributed by atoms with Crippen LogP contribution in [0, 0.1) is 0 Å². The molecule has 22 heteroatoms. The van der Waals surface area contributed by atoms with E-state index in [9.17, 15) is 47.9 Å². The number of fused-ring (bicyclic) bond motifs is 10. The van der Waals surface area contributed by atoms with Crippen molar-refractivity contribution in [3.63, 3.8) is 0 Å². The van der Waals surface area contributed by atoms with Gasteiger partial charge in [0.1, 0.15) is 17.4 Å². The summed E-state index contributed by atoms with van der Waals surface area (Å²) in [6, 6.07) is 60.1. The zero-order chi connectivity index (χ0) is 85.4. The lowest BCUT2D eigenvalue weighted by Crippen LogP contribution is -2.40. The van der Waals surface area contributed by atoms with Crippen molar-refractivity contribution in [1.82, 2.24) is 4.57 Å². The van der Waals surface area contributed by atoms with Gasteiger partial charge in [0.2, 0.25) is 23.5 Å². The van der Waals surface area contributed by atoms with Crippen molar-refractivity contribution in [2.24, 2.45) is 0 Å². The highest BCUT2D eigenvalue weighted by Crippen LogP contribution is 2.44. The molecule has 0 saturated carbocycles. The predicted octanol–water partition coefficient (Wildman–Crippen LogP) is 23.6. The predicted molar refractivity (Wildman–Crippen MR) is 483 cm³/mol. The summed E-state index contributed by atoms with van der Waals surface area (Å²) in [5.74, 6) is 1.05. The molecule has 0 saturated heterocycles. The molecule has 3 amide bonds. The van der Waals surface area contributed by atoms with Crippen LogP contribution < -0.4 is 24.3 Å². The minimum atomic E-state index is -0.884. The SMILES string of the molecule is CC(=O)N1c2ccccc2C(=O)C1C.CC(=O)N1c2ccccc2C(=O)C1Cc1ccccc1.CC(=O)N1c2ccccc2C(=O)C1Cl.CC1(C)CCCC(=O)c2cc(Cl)ccc2S1.CC1CCC(=O)c2cc(Cl)ccc2S1.CCn1c2ccccc2c2cc3c(cc21)C(=O)CCCC(C)(C)O3.CN1c2ccc(Br)cc2C(=O)CCC1(C)C. The van der Waals surface area contributed by atoms with E-state index in [1.807, 2.05) is 109 Å². The second kappa shape index (κ2) is 38.3. The molecule has 614 valence electrons. The first-order valence-corrected chi connectivity index (χ1v) is 43.5. The largest absolute Gasteiger partial charge is 0.487 e. The number of anilines is 4. The van der Waals surface area contributed by atoms with Crippen LogP contribution in [0.5, 0.6) is 5.75 Å². The van der Waals surface area contributed by atoms with E-state index in [1.54, 1.807) is 89.9 Å². The van der Waals surface area contributed by atoms with Gasteiger partial charge in [-0.15, -0.1) is 23.5 Å². The van der Waals surface area contributed by atoms with Gasteiger partial charge in [0, 0.05) is 162 Å². The van der Waals surface area contributed by atoms with Crippen LogP contribution in [-0.4, -0.2) is 109 Å². The Hall–Kier alpha value is -9.47. The molecular formula is C96H99BrCl3N5O11S2. The highest BCUT2D eigenvalue weighted by atomic mass is 79.9. The van der Waals surface area contributed by atoms with Gasteiger partial charge in [-0.2, -0.15) is 0 Å². The third-order valence-electron chi connectivity index (χ3n) is 22.1. The first kappa shape index (κ1) is 89.3. The Bertz CT molecular complexity index is 5470. The van der Waals surface area contributed by atoms with Gasteiger partial charge in [0.15, 0.2) is 40.2 Å². The normalized spacial score (nSPS) is 19.0. The Balaban J connectivity index is 0.000000136. The Morgan fingerprint density at radius 1 is 0.492 bits per heavy atom. The number of rotatable bonds is 3. The number of ether oxygens (including phenoxy) is 1. The second-order valence-corrected chi connectivity index (χ2v) is 37.5. The molecule has 7 aliphatic rings. The Morgan fingerprint density at radius 3 is 1.63 bits per heavy atom. The van der Waals surface area contributed by atoms with Gasteiger partial charge in [-0.05, 0) is 195 Å². The van der Waals surface area contributed by atoms with Crippen LogP contribution in [0.15, 0.2) is 208 Å². The van der Waals surface area contributed by atoms with Crippen LogP contribution in [0.4, 0.5) is 22.7 Å². The molecule has 7 aliphatic heterocycles. The van der Waals surface area contributed by atoms with Gasteiger partial charge in [0.25, 0.3) is 0 Å². The lowest BCUT2D eigenvalue weighted by atomic mass is 9.94. The minimum Gasteiger partial charge on any atom is -0.487 e. The zero-order valence-electron chi connectivity index (χ0n) is 68.8. The van der Waals surface area contributed by atoms with Crippen LogP contribution in [0.2, 0.25) is 10.0 Å². The standard InChI is InChI=1S/C21H23NO2.C17H15NO2.C13H16BrNO.C13H15ClOS.C11H11ClOS.C11H11NO2.C10H8ClNO2/c1-4-22-17-9-6-5-8-14(17)15-13-20-16(12-18(15)22)19(23)10-7-11-21(2,3)24-20;1-12(19)18-15-10-6-5-9-14(15)17(20)16(18)11-13-7-3-2-4-8-13;1-13(2)7-6-12(16)10-8-9(14)4-5-11(10)15(13)3;1-13(2)7-3-4-11(15)10-8-9(14)5-6-12(10)16-13;1-7-2-4-10(13)9-6-8(12)3-5-11(9)14-7;1-7-11(14)9-5-3-4-6-10(9)12(7)8(2)13;1-6(13)12-8-5-3-2-4-7(8)9(14)10(12)11/h5-6,8-9,12-13H,4,7,10-11H2,1-3H3;2-10,16H,11H2,1H3;4-5,8H,6-7H2,1-3H3;5-6,8H,3-4,7H2,1-2H3;3,5-7H,2,4H2,1H3;3-7H,1-2H3;2-5,10H,1H3. The molecule has 4 atom stereocenters. The van der Waals surface area contributed by atoms with E-state index in [1.165, 1.54) is 41.5 Å². The lowest BCUT2D eigenvalue weighted by Gasteiger charge is -2.36. The summed E-state index contributed by atoms with van der Waals surface area (Å²) in [6.45, 7) is 24.3. The summed E-state index contributed by atoms with van der Waals surface area (Å²) in [5.41, 5.74) is 10.4. The van der Waals surface area contributed by atoms with Crippen molar-refractivity contribution in [3.8, 4) is 5.75 Å². The number of carbonyl (C=O) groups excluding carboxylic acids is 10. The highest BCUT2D eigenvalue weighted by molar-refractivity contribution is 9.10. The van der Waals surface area contributed by atoms with E-state index in [-0.39, 0.29) is 80.1 Å². The third kappa shape index (κ3) is 20.5. The Morgan fingerprint density at radius 2 is 1.01 bits per heavy atom. The molecule has 1 aromatic heterocycles. The van der Waals surface area contributed by atoms with Crippen molar-refractivity contribution in [3.05, 3.63) is 253 Å². The second-order valence-electron chi connectivity index (χ2n) is 32.1. The fourth-order valence-electron chi connectivity index (χ4n) is 15.7. The maximum Gasteiger partial charge on any atom is 0.225 e. The van der Waals surface area contributed by atoms with E-state index < -0.39 is 11.5 Å². The van der Waals surface area contributed by atoms with E-state index >= 15 is 0 Å². The zero-order valence-corrected chi connectivity index (χ0v) is 74.3. The van der Waals surface area contributed by atoms with E-state index in [4.69, 9.17) is 39.5 Å². The smallest absolute Gasteiger partial charge is 0.225 e. The highest BCUT2D eigenvalue weighted by Gasteiger charge is 2.41. The third-order valence-corrected chi connectivity index (χ3v) is 26.0. The summed E-state index contributed by atoms with van der Waals surface area (Å²) in [4.78, 5) is 128. The number of Topliss-reactive ketones (excluding diaryl/α,β-unsaturated/α-hetero) is 7. The number of aryl methyl sites for hydroxylation is 1. The number of hydrogen-bond acceptors (Lipinski definition) is 14. The van der Waals surface area contributed by atoms with Gasteiger partial charge in [-0.25, -0.2) is 0 Å². The molecule has 9 aromatic carbocycles. The molecular weight excluding hydrogens is 1650 g/mol. The molecule has 16 nitrogen and oxygen atoms in total. The molecule has 0 radical (unpaired) electrons. The molecule has 0 N–H and O–H groups in total. The van der Waals surface area contributed by atoms with Crippen LogP contribution in [0.3, 0.4) is 0 Å². The summed E-state index contributed by atoms with van der Waals surface area (Å²) >= 11 is 24.6. The monoisotopic (exact) mass is 1750 g/mol. The fourth-order valence-corrected chi connectivity index (χ4v) is 19.2. The van der Waals surface area contributed by atoms with Gasteiger partial charge >= 0.3 is 0 Å². The van der Waals surface area contributed by atoms with Gasteiger partial charge < -0.3 is 24.0 Å². The summed E-state index contributed by atoms with van der Waals surface area (Å²) in [6.07, 6.45) is 8.71. The Kier molecular flexibility index (Phi) is 29.0. The number of aromatic nitrogens is 1. The van der Waals surface area contributed by atoms with E-state index in [2.05, 4.69) is 118 Å². The van der Waals surface area contributed by atoms with Crippen LogP contribution in [-0.2, 0) is 27.3 Å². The number of benzene rings is 9. The number of carbonyl (C=O) groups is 10. The van der Waals surface area contributed by atoms with Crippen LogP contribution >= 0.6 is 74.3 Å². The molecule has 0 bridgehead atoms. The first-order valence-electron chi connectivity index (χ1n) is 39.8. The number of alkyl halides is 1. The van der Waals surface area contributed by atoms with Crippen molar-refractivity contribution in [2.75, 3.05) is 26.6 Å². The van der Waals surface area contributed by atoms with Gasteiger partial charge in [0.05, 0.1) is 34.2 Å². The average Bonchev–Trinajstić information content (AvgIpc) is 1.60. The van der Waals surface area contributed by atoms with Gasteiger partial charge in [-0.1, -0.05) is 156 Å². The summed E-state index contributed by atoms with van der Waals surface area (Å²) in [7, 11) is 2.06. The molecule has 0 spiro atoms. The average molecular weight is 1750 g/mol. The molecule has 0 aliphatic carbocycles. The molecule has 118 heavy (non-hydrogen) atoms. The lowest BCUT2D eigenvalue weighted by molar-refractivity contribution is -0.117. The maximum atomic E-state index is 12.6. The van der Waals surface area contributed by atoms with E-state index in [0.717, 1.165) is 121 Å². The van der Waals surface area contributed by atoms with E-state index in [0.29, 0.717) is 69.8 Å². The molecule has 10 aromatic rings. The number of thioether (sulfide) groups is 2. The topological polar surface area (TPSA) is 198 Å². The van der Waals surface area contributed by atoms with Crippen LogP contribution in [0.25, 0.3) is 21.8 Å². The molecule has 8 heterocycles. The van der Waals surface area contributed by atoms with Crippen molar-refractivity contribution >= 4 is 177 Å². The summed E-state index contributed by atoms with van der Waals surface area (Å²) < 4.78 is 9.71. The fraction of sp³-hybridized carbons (Fsp3) is 0.333. The molecule has 17 rings (SSSR count). The quantitative estimate of drug-likeness (QED) is 0.120. The minimum absolute atomic E-state index is 0.0239. The number of amides is 3. The van der Waals surface area contributed by atoms with Gasteiger partial charge in [-0.3, -0.25) is 52.8 Å². The number of halogens is 4.